The molecule has 0 bridgehead atoms. The molecule has 2 rings (SSSR count). The molecule has 6 heteroatoms. The number of anilines is 1. The minimum Gasteiger partial charge on any atom is -0.420 e. The minimum absolute atomic E-state index is 0.470. The summed E-state index contributed by atoms with van der Waals surface area (Å²) in [5.74, 6) is 1.10. The molecule has 0 amide bonds. The van der Waals surface area contributed by atoms with E-state index in [1.54, 1.807) is 16.9 Å². The van der Waals surface area contributed by atoms with Crippen molar-refractivity contribution in [2.24, 2.45) is 7.05 Å². The Hall–Kier alpha value is -1.56. The molecule has 0 atom stereocenters. The van der Waals surface area contributed by atoms with Crippen molar-refractivity contribution in [3.8, 4) is 11.8 Å². The SMILES string of the molecule is Cc1cc(Oc2ncc(N)cc2Br)n(C)n1. The van der Waals surface area contributed by atoms with Gasteiger partial charge in [-0.3, -0.25) is 0 Å². The number of hydrogen-bond donors (Lipinski definition) is 1. The maximum atomic E-state index is 5.60. The van der Waals surface area contributed by atoms with Crippen LogP contribution in [-0.4, -0.2) is 14.8 Å². The quantitative estimate of drug-likeness (QED) is 0.918. The van der Waals surface area contributed by atoms with Crippen molar-refractivity contribution in [1.29, 1.82) is 0 Å². The number of rotatable bonds is 2. The van der Waals surface area contributed by atoms with Crippen LogP contribution in [0.2, 0.25) is 0 Å². The zero-order chi connectivity index (χ0) is 11.7. The molecule has 5 nitrogen and oxygen atoms in total. The number of aryl methyl sites for hydroxylation is 2. The number of nitrogens with two attached hydrogens (primary N) is 1. The third-order valence-corrected chi connectivity index (χ3v) is 2.56. The second-order valence-corrected chi connectivity index (χ2v) is 4.26. The first kappa shape index (κ1) is 10.9. The van der Waals surface area contributed by atoms with Crippen LogP contribution in [0.3, 0.4) is 0 Å². The number of aromatic nitrogens is 3. The van der Waals surface area contributed by atoms with Crippen LogP contribution in [-0.2, 0) is 7.05 Å². The van der Waals surface area contributed by atoms with Gasteiger partial charge in [0.05, 0.1) is 22.1 Å². The molecule has 2 aromatic rings. The van der Waals surface area contributed by atoms with Gasteiger partial charge in [0.1, 0.15) is 0 Å². The fourth-order valence-corrected chi connectivity index (χ4v) is 1.74. The molecule has 0 radical (unpaired) electrons. The summed E-state index contributed by atoms with van der Waals surface area (Å²) in [6.07, 6.45) is 1.54. The van der Waals surface area contributed by atoms with Gasteiger partial charge in [-0.05, 0) is 28.9 Å². The molecular formula is C10H11BrN4O. The van der Waals surface area contributed by atoms with Crippen LogP contribution in [0.5, 0.6) is 11.8 Å². The van der Waals surface area contributed by atoms with E-state index >= 15 is 0 Å². The highest BCUT2D eigenvalue weighted by Crippen LogP contribution is 2.28. The Labute approximate surface area is 101 Å². The number of nitrogen functional groups attached to an aromatic ring is 1. The summed E-state index contributed by atoms with van der Waals surface area (Å²) in [6, 6.07) is 3.58. The van der Waals surface area contributed by atoms with Gasteiger partial charge in [0, 0.05) is 13.1 Å². The van der Waals surface area contributed by atoms with E-state index in [1.807, 2.05) is 20.0 Å². The average Bonchev–Trinajstić information content (AvgIpc) is 2.50. The van der Waals surface area contributed by atoms with Gasteiger partial charge >= 0.3 is 0 Å². The molecule has 2 N–H and O–H groups in total. The normalized spacial score (nSPS) is 10.4. The van der Waals surface area contributed by atoms with E-state index in [0.29, 0.717) is 21.9 Å². The highest BCUT2D eigenvalue weighted by molar-refractivity contribution is 9.10. The molecule has 0 fully saturated rings. The van der Waals surface area contributed by atoms with Gasteiger partial charge in [0.15, 0.2) is 0 Å². The third-order valence-electron chi connectivity index (χ3n) is 1.99. The summed E-state index contributed by atoms with van der Waals surface area (Å²) >= 11 is 3.34. The van der Waals surface area contributed by atoms with E-state index in [4.69, 9.17) is 10.5 Å². The molecule has 2 aromatic heterocycles. The summed E-state index contributed by atoms with van der Waals surface area (Å²) in [5, 5.41) is 4.18. The fraction of sp³-hybridized carbons (Fsp3) is 0.200. The topological polar surface area (TPSA) is 66.0 Å². The minimum atomic E-state index is 0.470. The lowest BCUT2D eigenvalue weighted by Gasteiger charge is -2.06. The van der Waals surface area contributed by atoms with E-state index < -0.39 is 0 Å². The van der Waals surface area contributed by atoms with E-state index in [-0.39, 0.29) is 0 Å². The van der Waals surface area contributed by atoms with Crippen molar-refractivity contribution < 1.29 is 4.74 Å². The van der Waals surface area contributed by atoms with Crippen molar-refractivity contribution in [3.05, 3.63) is 28.5 Å². The van der Waals surface area contributed by atoms with E-state index in [9.17, 15) is 0 Å². The van der Waals surface area contributed by atoms with Crippen molar-refractivity contribution in [2.45, 2.75) is 6.92 Å². The first-order valence-electron chi connectivity index (χ1n) is 4.66. The Morgan fingerprint density at radius 1 is 1.44 bits per heavy atom. The number of nitrogens with zero attached hydrogens (tertiary/aromatic N) is 3. The number of ether oxygens (including phenoxy) is 1. The first-order valence-corrected chi connectivity index (χ1v) is 5.45. The highest BCUT2D eigenvalue weighted by atomic mass is 79.9. The second-order valence-electron chi connectivity index (χ2n) is 3.41. The molecular weight excluding hydrogens is 272 g/mol. The summed E-state index contributed by atoms with van der Waals surface area (Å²) in [4.78, 5) is 4.09. The summed E-state index contributed by atoms with van der Waals surface area (Å²) < 4.78 is 7.97. The van der Waals surface area contributed by atoms with Gasteiger partial charge < -0.3 is 10.5 Å². The first-order chi connectivity index (χ1) is 7.56. The van der Waals surface area contributed by atoms with Gasteiger partial charge in [0.2, 0.25) is 11.8 Å². The Morgan fingerprint density at radius 3 is 2.75 bits per heavy atom. The molecule has 0 unspecified atom stereocenters. The van der Waals surface area contributed by atoms with Gasteiger partial charge in [0.25, 0.3) is 0 Å². The largest absolute Gasteiger partial charge is 0.420 e. The molecule has 0 saturated carbocycles. The predicted octanol–water partition coefficient (Wildman–Crippen LogP) is 2.26. The Balaban J connectivity index is 2.30. The zero-order valence-corrected chi connectivity index (χ0v) is 10.5. The molecule has 0 aromatic carbocycles. The molecule has 0 spiro atoms. The highest BCUT2D eigenvalue weighted by Gasteiger charge is 2.08. The molecule has 0 aliphatic carbocycles. The van der Waals surface area contributed by atoms with Gasteiger partial charge in [-0.2, -0.15) is 5.10 Å². The van der Waals surface area contributed by atoms with Gasteiger partial charge in [-0.1, -0.05) is 0 Å². The Morgan fingerprint density at radius 2 is 2.19 bits per heavy atom. The van der Waals surface area contributed by atoms with E-state index in [2.05, 4.69) is 26.0 Å². The van der Waals surface area contributed by atoms with Crippen molar-refractivity contribution >= 4 is 21.6 Å². The van der Waals surface area contributed by atoms with Crippen LogP contribution in [0, 0.1) is 6.92 Å². The molecule has 0 aliphatic heterocycles. The molecule has 16 heavy (non-hydrogen) atoms. The van der Waals surface area contributed by atoms with E-state index in [0.717, 1.165) is 5.69 Å². The molecule has 0 saturated heterocycles. The number of pyridine rings is 1. The monoisotopic (exact) mass is 282 g/mol. The van der Waals surface area contributed by atoms with Crippen molar-refractivity contribution in [2.75, 3.05) is 5.73 Å². The van der Waals surface area contributed by atoms with Crippen molar-refractivity contribution in [1.82, 2.24) is 14.8 Å². The Bertz CT molecular complexity index is 524. The molecule has 84 valence electrons. The predicted molar refractivity (Wildman–Crippen MR) is 64.4 cm³/mol. The van der Waals surface area contributed by atoms with Gasteiger partial charge in [-0.15, -0.1) is 0 Å². The van der Waals surface area contributed by atoms with E-state index in [1.165, 1.54) is 0 Å². The number of hydrogen-bond acceptors (Lipinski definition) is 4. The summed E-state index contributed by atoms with van der Waals surface area (Å²) in [6.45, 7) is 1.90. The van der Waals surface area contributed by atoms with Crippen LogP contribution in [0.15, 0.2) is 22.8 Å². The fourth-order valence-electron chi connectivity index (χ4n) is 1.30. The molecule has 2 heterocycles. The van der Waals surface area contributed by atoms with Gasteiger partial charge in [-0.25, -0.2) is 9.67 Å². The van der Waals surface area contributed by atoms with Crippen LogP contribution in [0.1, 0.15) is 5.69 Å². The smallest absolute Gasteiger partial charge is 0.235 e. The van der Waals surface area contributed by atoms with Crippen LogP contribution < -0.4 is 10.5 Å². The lowest BCUT2D eigenvalue weighted by atomic mass is 10.4. The lowest BCUT2D eigenvalue weighted by molar-refractivity contribution is 0.413. The third kappa shape index (κ3) is 2.16. The zero-order valence-electron chi connectivity index (χ0n) is 8.94. The number of halogens is 1. The summed E-state index contributed by atoms with van der Waals surface area (Å²) in [7, 11) is 1.81. The van der Waals surface area contributed by atoms with Crippen LogP contribution in [0.4, 0.5) is 5.69 Å². The summed E-state index contributed by atoms with van der Waals surface area (Å²) in [5.41, 5.74) is 7.07. The standard InChI is InChI=1S/C10H11BrN4O/c1-6-3-9(15(2)14-6)16-10-8(11)4-7(12)5-13-10/h3-5H,12H2,1-2H3. The lowest BCUT2D eigenvalue weighted by Crippen LogP contribution is -1.97. The maximum Gasteiger partial charge on any atom is 0.235 e. The van der Waals surface area contributed by atoms with Crippen molar-refractivity contribution in [3.63, 3.8) is 0 Å². The average molecular weight is 283 g/mol. The second kappa shape index (κ2) is 4.13. The van der Waals surface area contributed by atoms with Crippen LogP contribution in [0.25, 0.3) is 0 Å². The van der Waals surface area contributed by atoms with Crippen LogP contribution >= 0.6 is 15.9 Å². The molecule has 0 aliphatic rings. The Kier molecular flexibility index (Phi) is 2.82. The maximum absolute atomic E-state index is 5.60.